The highest BCUT2D eigenvalue weighted by Crippen LogP contribution is 2.23. The van der Waals surface area contributed by atoms with Gasteiger partial charge in [-0.3, -0.25) is 9.69 Å². The number of hydrogen-bond acceptors (Lipinski definition) is 5. The number of nitrogens with two attached hydrogens (primary N) is 1. The fourth-order valence-electron chi connectivity index (χ4n) is 2.58. The molecule has 2 heterocycles. The summed E-state index contributed by atoms with van der Waals surface area (Å²) in [6, 6.07) is 0.588. The third-order valence-corrected chi connectivity index (χ3v) is 4.26. The highest BCUT2D eigenvalue weighted by molar-refractivity contribution is 7.13. The minimum absolute atomic E-state index is 0.0696. The van der Waals surface area contributed by atoms with Gasteiger partial charge >= 0.3 is 0 Å². The van der Waals surface area contributed by atoms with Gasteiger partial charge in [0.1, 0.15) is 0 Å². The van der Waals surface area contributed by atoms with Crippen LogP contribution in [0.5, 0.6) is 0 Å². The Labute approximate surface area is 118 Å². The van der Waals surface area contributed by atoms with E-state index in [0.29, 0.717) is 11.2 Å². The molecule has 1 aliphatic rings. The maximum atomic E-state index is 11.0. The van der Waals surface area contributed by atoms with Crippen molar-refractivity contribution in [3.63, 3.8) is 0 Å². The van der Waals surface area contributed by atoms with Gasteiger partial charge in [0.05, 0.1) is 5.69 Å². The molecule has 19 heavy (non-hydrogen) atoms. The van der Waals surface area contributed by atoms with E-state index < -0.39 is 0 Å². The van der Waals surface area contributed by atoms with E-state index in [9.17, 15) is 4.79 Å². The fraction of sp³-hybridized carbons (Fsp3) is 0.692. The lowest BCUT2D eigenvalue weighted by molar-refractivity contribution is -0.114. The van der Waals surface area contributed by atoms with E-state index >= 15 is 0 Å². The average Bonchev–Trinajstić information content (AvgIpc) is 2.78. The second-order valence-corrected chi connectivity index (χ2v) is 5.88. The smallest absolute Gasteiger partial charge is 0.223 e. The van der Waals surface area contributed by atoms with Crippen LogP contribution in [0.2, 0.25) is 0 Å². The molecule has 0 spiro atoms. The lowest BCUT2D eigenvalue weighted by Gasteiger charge is -2.35. The van der Waals surface area contributed by atoms with Gasteiger partial charge in [0.2, 0.25) is 5.91 Å². The highest BCUT2D eigenvalue weighted by Gasteiger charge is 2.22. The Balaban J connectivity index is 1.94. The molecule has 0 aromatic carbocycles. The zero-order valence-corrected chi connectivity index (χ0v) is 12.2. The van der Waals surface area contributed by atoms with Crippen molar-refractivity contribution in [2.24, 2.45) is 5.73 Å². The van der Waals surface area contributed by atoms with E-state index in [1.165, 1.54) is 37.5 Å². The Bertz CT molecular complexity index is 419. The van der Waals surface area contributed by atoms with E-state index in [0.717, 1.165) is 31.7 Å². The summed E-state index contributed by atoms with van der Waals surface area (Å²) in [6.45, 7) is 4.23. The molecule has 1 aliphatic heterocycles. The van der Waals surface area contributed by atoms with E-state index in [1.807, 2.05) is 5.38 Å². The van der Waals surface area contributed by atoms with Gasteiger partial charge in [0.15, 0.2) is 5.13 Å². The van der Waals surface area contributed by atoms with Crippen LogP contribution < -0.4 is 11.1 Å². The standard InChI is InChI=1S/C13H22N4OS/c1-10(18)15-13-16-11(9-19-13)8-17-7-3-2-4-12(17)5-6-14/h9,12H,2-8,14H2,1H3,(H,15,16,18). The maximum Gasteiger partial charge on any atom is 0.223 e. The Morgan fingerprint density at radius 3 is 3.21 bits per heavy atom. The predicted molar refractivity (Wildman–Crippen MR) is 78.1 cm³/mol. The van der Waals surface area contributed by atoms with Crippen molar-refractivity contribution in [2.45, 2.75) is 45.2 Å². The first kappa shape index (κ1) is 14.4. The minimum Gasteiger partial charge on any atom is -0.330 e. The number of nitrogens with zero attached hydrogens (tertiary/aromatic N) is 2. The number of amides is 1. The van der Waals surface area contributed by atoms with Crippen LogP contribution >= 0.6 is 11.3 Å². The van der Waals surface area contributed by atoms with Crippen LogP contribution in [0, 0.1) is 0 Å². The monoisotopic (exact) mass is 282 g/mol. The van der Waals surface area contributed by atoms with Gasteiger partial charge in [-0.25, -0.2) is 4.98 Å². The van der Waals surface area contributed by atoms with E-state index in [1.54, 1.807) is 0 Å². The number of hydrogen-bond donors (Lipinski definition) is 2. The Hall–Kier alpha value is -0.980. The summed E-state index contributed by atoms with van der Waals surface area (Å²) < 4.78 is 0. The number of rotatable bonds is 5. The summed E-state index contributed by atoms with van der Waals surface area (Å²) in [5, 5.41) is 5.45. The molecule has 1 amide bonds. The zero-order chi connectivity index (χ0) is 13.7. The topological polar surface area (TPSA) is 71.2 Å². The molecule has 3 N–H and O–H groups in total. The number of piperidine rings is 1. The van der Waals surface area contributed by atoms with Crippen LogP contribution in [0.15, 0.2) is 5.38 Å². The van der Waals surface area contributed by atoms with Crippen LogP contribution in [0.3, 0.4) is 0 Å². The molecule has 0 saturated carbocycles. The number of likely N-dealkylation sites (tertiary alicyclic amines) is 1. The number of nitrogens with one attached hydrogen (secondary N) is 1. The maximum absolute atomic E-state index is 11.0. The summed E-state index contributed by atoms with van der Waals surface area (Å²) in [5.41, 5.74) is 6.73. The van der Waals surface area contributed by atoms with Crippen molar-refractivity contribution in [3.05, 3.63) is 11.1 Å². The summed E-state index contributed by atoms with van der Waals surface area (Å²) in [5.74, 6) is -0.0696. The largest absolute Gasteiger partial charge is 0.330 e. The quantitative estimate of drug-likeness (QED) is 0.864. The number of thiazole rings is 1. The van der Waals surface area contributed by atoms with E-state index in [4.69, 9.17) is 5.73 Å². The molecule has 0 aliphatic carbocycles. The van der Waals surface area contributed by atoms with Gasteiger partial charge in [0, 0.05) is 24.9 Å². The molecule has 1 fully saturated rings. The summed E-state index contributed by atoms with van der Waals surface area (Å²) in [4.78, 5) is 17.9. The van der Waals surface area contributed by atoms with Crippen LogP contribution in [0.4, 0.5) is 5.13 Å². The van der Waals surface area contributed by atoms with E-state index in [2.05, 4.69) is 15.2 Å². The van der Waals surface area contributed by atoms with Crippen molar-refractivity contribution in [1.29, 1.82) is 0 Å². The van der Waals surface area contributed by atoms with Crippen LogP contribution in [0.25, 0.3) is 0 Å². The highest BCUT2D eigenvalue weighted by atomic mass is 32.1. The van der Waals surface area contributed by atoms with Crippen molar-refractivity contribution >= 4 is 22.4 Å². The number of carbonyl (C=O) groups is 1. The second kappa shape index (κ2) is 6.98. The lowest BCUT2D eigenvalue weighted by atomic mass is 9.99. The summed E-state index contributed by atoms with van der Waals surface area (Å²) >= 11 is 1.49. The first-order chi connectivity index (χ1) is 9.19. The molecule has 106 valence electrons. The molecular formula is C13H22N4OS. The normalized spacial score (nSPS) is 20.4. The van der Waals surface area contributed by atoms with Gasteiger partial charge in [-0.1, -0.05) is 6.42 Å². The third kappa shape index (κ3) is 4.26. The fourth-order valence-corrected chi connectivity index (χ4v) is 3.33. The molecule has 0 radical (unpaired) electrons. The van der Waals surface area contributed by atoms with Crippen molar-refractivity contribution in [1.82, 2.24) is 9.88 Å². The lowest BCUT2D eigenvalue weighted by Crippen LogP contribution is -2.40. The molecule has 1 aromatic heterocycles. The number of aromatic nitrogens is 1. The molecule has 1 atom stereocenters. The SMILES string of the molecule is CC(=O)Nc1nc(CN2CCCCC2CCN)cs1. The van der Waals surface area contributed by atoms with Crippen molar-refractivity contribution < 1.29 is 4.79 Å². The molecular weight excluding hydrogens is 260 g/mol. The second-order valence-electron chi connectivity index (χ2n) is 5.02. The predicted octanol–water partition coefficient (Wildman–Crippen LogP) is 1.80. The van der Waals surface area contributed by atoms with Gasteiger partial charge in [-0.15, -0.1) is 11.3 Å². The van der Waals surface area contributed by atoms with Gasteiger partial charge in [-0.05, 0) is 32.4 Å². The molecule has 5 nitrogen and oxygen atoms in total. The third-order valence-electron chi connectivity index (χ3n) is 3.45. The Morgan fingerprint density at radius 1 is 1.63 bits per heavy atom. The molecule has 1 unspecified atom stereocenters. The van der Waals surface area contributed by atoms with Gasteiger partial charge in [-0.2, -0.15) is 0 Å². The van der Waals surface area contributed by atoms with Crippen LogP contribution in [-0.4, -0.2) is 34.9 Å². The first-order valence-electron chi connectivity index (χ1n) is 6.85. The molecule has 0 bridgehead atoms. The zero-order valence-electron chi connectivity index (χ0n) is 11.4. The summed E-state index contributed by atoms with van der Waals surface area (Å²) in [6.07, 6.45) is 4.85. The van der Waals surface area contributed by atoms with Crippen LogP contribution in [0.1, 0.15) is 38.3 Å². The van der Waals surface area contributed by atoms with Gasteiger partial charge < -0.3 is 11.1 Å². The molecule has 6 heteroatoms. The van der Waals surface area contributed by atoms with Gasteiger partial charge in [0.25, 0.3) is 0 Å². The minimum atomic E-state index is -0.0696. The number of carbonyl (C=O) groups excluding carboxylic acids is 1. The average molecular weight is 282 g/mol. The molecule has 2 rings (SSSR count). The van der Waals surface area contributed by atoms with Crippen molar-refractivity contribution in [3.8, 4) is 0 Å². The van der Waals surface area contributed by atoms with Crippen LogP contribution in [-0.2, 0) is 11.3 Å². The molecule has 1 saturated heterocycles. The van der Waals surface area contributed by atoms with Crippen molar-refractivity contribution in [2.75, 3.05) is 18.4 Å². The molecule has 1 aromatic rings. The Kier molecular flexibility index (Phi) is 5.30. The summed E-state index contributed by atoms with van der Waals surface area (Å²) in [7, 11) is 0. The Morgan fingerprint density at radius 2 is 2.47 bits per heavy atom. The van der Waals surface area contributed by atoms with E-state index in [-0.39, 0.29) is 5.91 Å². The first-order valence-corrected chi connectivity index (χ1v) is 7.73. The number of anilines is 1.